The largest absolute Gasteiger partial charge is 0.385 e. The zero-order valence-electron chi connectivity index (χ0n) is 11.4. The first kappa shape index (κ1) is 11.5. The van der Waals surface area contributed by atoms with Crippen molar-refractivity contribution in [3.8, 4) is 11.4 Å². The van der Waals surface area contributed by atoms with Gasteiger partial charge in [0.05, 0.1) is 5.52 Å². The van der Waals surface area contributed by atoms with Gasteiger partial charge in [0.2, 0.25) is 0 Å². The average Bonchev–Trinajstić information content (AvgIpc) is 2.84. The first-order chi connectivity index (χ1) is 9.83. The Hall–Kier alpha value is -2.36. The smallest absolute Gasteiger partial charge is 0.178 e. The van der Waals surface area contributed by atoms with Crippen LogP contribution in [0.3, 0.4) is 0 Å². The highest BCUT2D eigenvalue weighted by Gasteiger charge is 2.14. The minimum Gasteiger partial charge on any atom is -0.385 e. The molecule has 1 aromatic carbocycles. The molecule has 0 unspecified atom stereocenters. The van der Waals surface area contributed by atoms with Crippen molar-refractivity contribution in [2.45, 2.75) is 12.8 Å². The van der Waals surface area contributed by atoms with E-state index in [0.717, 1.165) is 35.5 Å². The molecule has 100 valence electrons. The van der Waals surface area contributed by atoms with Crippen molar-refractivity contribution in [3.05, 3.63) is 42.1 Å². The molecule has 0 bridgehead atoms. The van der Waals surface area contributed by atoms with E-state index < -0.39 is 0 Å². The summed E-state index contributed by atoms with van der Waals surface area (Å²) in [4.78, 5) is 8.99. The summed E-state index contributed by atoms with van der Waals surface area (Å²) in [6, 6.07) is 10.6. The number of nitrogens with one attached hydrogen (secondary N) is 1. The molecule has 1 aliphatic rings. The topological polar surface area (TPSA) is 42.7 Å². The van der Waals surface area contributed by atoms with Gasteiger partial charge in [-0.25, -0.2) is 9.97 Å². The lowest BCUT2D eigenvalue weighted by atomic mass is 10.0. The molecule has 3 heterocycles. The summed E-state index contributed by atoms with van der Waals surface area (Å²) >= 11 is 0. The molecule has 4 nitrogen and oxygen atoms in total. The van der Waals surface area contributed by atoms with Gasteiger partial charge in [-0.05, 0) is 48.7 Å². The first-order valence-corrected chi connectivity index (χ1v) is 6.97. The maximum Gasteiger partial charge on any atom is 0.178 e. The van der Waals surface area contributed by atoms with Crippen molar-refractivity contribution in [1.29, 1.82) is 0 Å². The summed E-state index contributed by atoms with van der Waals surface area (Å²) in [5.74, 6) is 0.979. The van der Waals surface area contributed by atoms with Crippen molar-refractivity contribution in [2.75, 3.05) is 11.9 Å². The number of anilines is 1. The standard InChI is InChI=1S/C16H16N4/c1-20-14-5-3-9-18-15(14)19-16(20)12-6-7-13-11(10-12)4-2-8-17-13/h3,5-7,9-10,17H,2,4,8H2,1H3. The number of hydrogen-bond acceptors (Lipinski definition) is 3. The van der Waals surface area contributed by atoms with Crippen molar-refractivity contribution in [3.63, 3.8) is 0 Å². The van der Waals surface area contributed by atoms with Crippen molar-refractivity contribution in [2.24, 2.45) is 7.05 Å². The second kappa shape index (κ2) is 4.34. The second-order valence-electron chi connectivity index (χ2n) is 5.24. The number of fused-ring (bicyclic) bond motifs is 2. The lowest BCUT2D eigenvalue weighted by Gasteiger charge is -2.18. The zero-order valence-corrected chi connectivity index (χ0v) is 11.4. The van der Waals surface area contributed by atoms with E-state index in [9.17, 15) is 0 Å². The van der Waals surface area contributed by atoms with E-state index in [-0.39, 0.29) is 0 Å². The van der Waals surface area contributed by atoms with E-state index in [4.69, 9.17) is 0 Å². The molecule has 20 heavy (non-hydrogen) atoms. The SMILES string of the molecule is Cn1c(-c2ccc3c(c2)CCCN3)nc2ncccc21. The minimum absolute atomic E-state index is 0.806. The molecule has 0 saturated carbocycles. The second-order valence-corrected chi connectivity index (χ2v) is 5.24. The molecule has 1 N–H and O–H groups in total. The average molecular weight is 264 g/mol. The Balaban J connectivity index is 1.88. The summed E-state index contributed by atoms with van der Waals surface area (Å²) in [5, 5.41) is 3.44. The monoisotopic (exact) mass is 264 g/mol. The maximum atomic E-state index is 4.66. The number of pyridine rings is 1. The third kappa shape index (κ3) is 1.68. The fraction of sp³-hybridized carbons (Fsp3) is 0.250. The number of benzene rings is 1. The molecule has 0 spiro atoms. The maximum absolute atomic E-state index is 4.66. The van der Waals surface area contributed by atoms with Crippen LogP contribution in [0.4, 0.5) is 5.69 Å². The third-order valence-corrected chi connectivity index (χ3v) is 3.96. The number of hydrogen-bond donors (Lipinski definition) is 1. The molecule has 4 rings (SSSR count). The van der Waals surface area contributed by atoms with Crippen LogP contribution in [-0.4, -0.2) is 21.1 Å². The van der Waals surface area contributed by atoms with Crippen LogP contribution in [0.15, 0.2) is 36.5 Å². The van der Waals surface area contributed by atoms with E-state index in [1.54, 1.807) is 6.20 Å². The van der Waals surface area contributed by atoms with Crippen LogP contribution in [0.2, 0.25) is 0 Å². The van der Waals surface area contributed by atoms with Gasteiger partial charge in [-0.2, -0.15) is 0 Å². The van der Waals surface area contributed by atoms with Gasteiger partial charge < -0.3 is 9.88 Å². The molecule has 3 aromatic rings. The van der Waals surface area contributed by atoms with Gasteiger partial charge in [-0.15, -0.1) is 0 Å². The number of aromatic nitrogens is 3. The Labute approximate surface area is 117 Å². The minimum atomic E-state index is 0.806. The number of rotatable bonds is 1. The fourth-order valence-corrected chi connectivity index (χ4v) is 2.90. The molecule has 0 amide bonds. The number of imidazole rings is 1. The molecule has 0 radical (unpaired) electrons. The van der Waals surface area contributed by atoms with Crippen LogP contribution in [0.5, 0.6) is 0 Å². The van der Waals surface area contributed by atoms with E-state index in [1.165, 1.54) is 17.7 Å². The molecule has 0 fully saturated rings. The Bertz CT molecular complexity index is 788. The van der Waals surface area contributed by atoms with Crippen molar-refractivity contribution in [1.82, 2.24) is 14.5 Å². The highest BCUT2D eigenvalue weighted by Crippen LogP contribution is 2.29. The lowest BCUT2D eigenvalue weighted by Crippen LogP contribution is -2.11. The normalized spacial score (nSPS) is 14.1. The fourth-order valence-electron chi connectivity index (χ4n) is 2.90. The van der Waals surface area contributed by atoms with Crippen LogP contribution >= 0.6 is 0 Å². The Kier molecular flexibility index (Phi) is 2.49. The van der Waals surface area contributed by atoms with Crippen LogP contribution in [-0.2, 0) is 13.5 Å². The summed E-state index contributed by atoms with van der Waals surface area (Å²) in [6.45, 7) is 1.07. The van der Waals surface area contributed by atoms with E-state index in [2.05, 4.69) is 44.1 Å². The van der Waals surface area contributed by atoms with Crippen molar-refractivity contribution < 1.29 is 0 Å². The van der Waals surface area contributed by atoms with Gasteiger partial charge in [0, 0.05) is 31.0 Å². The Morgan fingerprint density at radius 2 is 2.20 bits per heavy atom. The van der Waals surface area contributed by atoms with Gasteiger partial charge in [-0.1, -0.05) is 0 Å². The zero-order chi connectivity index (χ0) is 13.5. The summed E-state index contributed by atoms with van der Waals surface area (Å²) < 4.78 is 2.11. The van der Waals surface area contributed by atoms with Crippen LogP contribution in [0.25, 0.3) is 22.6 Å². The van der Waals surface area contributed by atoms with Gasteiger partial charge in [-0.3, -0.25) is 0 Å². The van der Waals surface area contributed by atoms with Gasteiger partial charge in [0.25, 0.3) is 0 Å². The molecule has 4 heteroatoms. The number of nitrogens with zero attached hydrogens (tertiary/aromatic N) is 3. The van der Waals surface area contributed by atoms with Gasteiger partial charge in [0.1, 0.15) is 5.82 Å². The Morgan fingerprint density at radius 3 is 3.10 bits per heavy atom. The van der Waals surface area contributed by atoms with Crippen LogP contribution in [0, 0.1) is 0 Å². The lowest BCUT2D eigenvalue weighted by molar-refractivity contribution is 0.830. The first-order valence-electron chi connectivity index (χ1n) is 6.97. The Morgan fingerprint density at radius 1 is 1.25 bits per heavy atom. The predicted molar refractivity (Wildman–Crippen MR) is 80.8 cm³/mol. The molecule has 0 saturated heterocycles. The molecule has 1 aliphatic heterocycles. The number of aryl methyl sites for hydroxylation is 2. The van der Waals surface area contributed by atoms with E-state index in [1.807, 2.05) is 13.1 Å². The molecule has 0 aliphatic carbocycles. The predicted octanol–water partition coefficient (Wildman–Crippen LogP) is 2.99. The van der Waals surface area contributed by atoms with Gasteiger partial charge >= 0.3 is 0 Å². The highest BCUT2D eigenvalue weighted by molar-refractivity contribution is 5.77. The highest BCUT2D eigenvalue weighted by atomic mass is 15.1. The quantitative estimate of drug-likeness (QED) is 0.734. The summed E-state index contributed by atoms with van der Waals surface area (Å²) in [5.41, 5.74) is 5.68. The summed E-state index contributed by atoms with van der Waals surface area (Å²) in [6.07, 6.45) is 4.12. The van der Waals surface area contributed by atoms with Crippen LogP contribution < -0.4 is 5.32 Å². The van der Waals surface area contributed by atoms with E-state index >= 15 is 0 Å². The van der Waals surface area contributed by atoms with Crippen LogP contribution in [0.1, 0.15) is 12.0 Å². The van der Waals surface area contributed by atoms with Gasteiger partial charge in [0.15, 0.2) is 5.65 Å². The summed E-state index contributed by atoms with van der Waals surface area (Å²) in [7, 11) is 2.05. The molecular weight excluding hydrogens is 248 g/mol. The molecular formula is C16H16N4. The third-order valence-electron chi connectivity index (χ3n) is 3.96. The van der Waals surface area contributed by atoms with E-state index in [0.29, 0.717) is 0 Å². The molecule has 2 aromatic heterocycles. The molecule has 0 atom stereocenters. The van der Waals surface area contributed by atoms with Crippen molar-refractivity contribution >= 4 is 16.9 Å².